The van der Waals surface area contributed by atoms with E-state index in [0.29, 0.717) is 22.3 Å². The SMILES string of the molecule is C=C(C)C(=O)OC1C=CC(OC)(C2(C3(OC)C=CC(OC(=O)C(=C)C)C(OC)(c4ccccc4)C3(OC)OC)c3ccccc3-c3ccccc32)C(OC)(OC)C1(OC)c1ccccc1. The van der Waals surface area contributed by atoms with Crippen LogP contribution in [0.25, 0.3) is 11.1 Å². The van der Waals surface area contributed by atoms with E-state index in [-0.39, 0.29) is 11.1 Å². The third kappa shape index (κ3) is 5.85. The van der Waals surface area contributed by atoms with Crippen LogP contribution in [0, 0.1) is 0 Å². The molecule has 7 rings (SSSR count). The number of esters is 2. The summed E-state index contributed by atoms with van der Waals surface area (Å²) in [4.78, 5) is 27.5. The summed E-state index contributed by atoms with van der Waals surface area (Å²) in [5.41, 5.74) is -5.44. The van der Waals surface area contributed by atoms with Gasteiger partial charge in [-0.25, -0.2) is 9.59 Å². The second kappa shape index (κ2) is 17.7. The van der Waals surface area contributed by atoms with Crippen LogP contribution in [0.2, 0.25) is 0 Å². The predicted molar refractivity (Wildman–Crippen MR) is 244 cm³/mol. The van der Waals surface area contributed by atoms with Crippen LogP contribution in [0.15, 0.2) is 158 Å². The first-order chi connectivity index (χ1) is 31.3. The van der Waals surface area contributed by atoms with Gasteiger partial charge in [-0.1, -0.05) is 122 Å². The van der Waals surface area contributed by atoms with Crippen LogP contribution >= 0.6 is 0 Å². The average Bonchev–Trinajstić information content (AvgIpc) is 3.65. The monoisotopic (exact) mass is 886 g/mol. The molecule has 12 heteroatoms. The number of benzene rings is 4. The lowest BCUT2D eigenvalue weighted by Crippen LogP contribution is -2.88. The Kier molecular flexibility index (Phi) is 12.9. The molecule has 0 amide bonds. The van der Waals surface area contributed by atoms with Gasteiger partial charge in [0.05, 0.1) is 5.41 Å². The van der Waals surface area contributed by atoms with Crippen molar-refractivity contribution < 1.29 is 57.0 Å². The van der Waals surface area contributed by atoms with Gasteiger partial charge in [0.1, 0.15) is 0 Å². The molecule has 0 heterocycles. The highest BCUT2D eigenvalue weighted by Gasteiger charge is 2.88. The first kappa shape index (κ1) is 47.4. The molecule has 3 aliphatic carbocycles. The first-order valence-electron chi connectivity index (χ1n) is 21.1. The third-order valence-electron chi connectivity index (χ3n) is 13.8. The summed E-state index contributed by atoms with van der Waals surface area (Å²) in [5, 5.41) is 0. The van der Waals surface area contributed by atoms with E-state index in [9.17, 15) is 9.59 Å². The quantitative estimate of drug-likeness (QED) is 0.0470. The van der Waals surface area contributed by atoms with Gasteiger partial charge < -0.3 is 47.4 Å². The molecule has 3 aliphatic rings. The normalized spacial score (nSPS) is 27.8. The number of fused-ring (bicyclic) bond motifs is 3. The Morgan fingerprint density at radius 1 is 0.446 bits per heavy atom. The molecule has 0 N–H and O–H groups in total. The molecule has 4 aromatic carbocycles. The van der Waals surface area contributed by atoms with Crippen molar-refractivity contribution in [1.29, 1.82) is 0 Å². The second-order valence-corrected chi connectivity index (χ2v) is 16.3. The van der Waals surface area contributed by atoms with E-state index in [0.717, 1.165) is 11.1 Å². The van der Waals surface area contributed by atoms with Crippen molar-refractivity contribution in [2.45, 2.75) is 65.4 Å². The molecule has 0 saturated carbocycles. The van der Waals surface area contributed by atoms with Gasteiger partial charge in [-0.3, -0.25) is 0 Å². The number of rotatable bonds is 16. The molecule has 0 bridgehead atoms. The van der Waals surface area contributed by atoms with Crippen molar-refractivity contribution in [3.63, 3.8) is 0 Å². The number of hydrogen-bond acceptors (Lipinski definition) is 12. The van der Waals surface area contributed by atoms with Crippen LogP contribution in [-0.4, -0.2) is 104 Å². The molecule has 12 nitrogen and oxygen atoms in total. The summed E-state index contributed by atoms with van der Waals surface area (Å²) in [7, 11) is 12.0. The lowest BCUT2D eigenvalue weighted by atomic mass is 9.45. The van der Waals surface area contributed by atoms with E-state index in [2.05, 4.69) is 13.2 Å². The van der Waals surface area contributed by atoms with Crippen molar-refractivity contribution in [2.24, 2.45) is 0 Å². The molecule has 6 unspecified atom stereocenters. The summed E-state index contributed by atoms with van der Waals surface area (Å²) in [5.74, 6) is -5.75. The number of carbonyl (C=O) groups excluding carboxylic acids is 2. The Morgan fingerprint density at radius 3 is 1.06 bits per heavy atom. The maximum absolute atomic E-state index is 13.8. The topological polar surface area (TPSA) is 126 Å². The van der Waals surface area contributed by atoms with Gasteiger partial charge in [-0.05, 0) is 71.5 Å². The fourth-order valence-corrected chi connectivity index (χ4v) is 11.5. The third-order valence-corrected chi connectivity index (χ3v) is 13.8. The van der Waals surface area contributed by atoms with Crippen molar-refractivity contribution in [2.75, 3.05) is 56.9 Å². The van der Waals surface area contributed by atoms with Gasteiger partial charge in [0.25, 0.3) is 0 Å². The molecule has 6 atom stereocenters. The second-order valence-electron chi connectivity index (χ2n) is 16.3. The summed E-state index contributed by atoms with van der Waals surface area (Å²) >= 11 is 0. The summed E-state index contributed by atoms with van der Waals surface area (Å²) in [6, 6.07) is 34.2. The standard InChI is InChI=1S/C53H58O12/c1-35(2)45(54)64-43-31-33-47(56-5,52(60-9,61-10)50(43,58-7)37-23-15-13-16-24-37)49(41-29-21-19-27-39(41)40-28-20-22-30-42(40)49)48(57-6)34-32-44(65-46(55)36(3)4)51(59-8,53(48,62-11)63-12)38-25-17-14-18-26-38/h13-34,43-44H,1,3H2,2,4-12H3. The zero-order valence-electron chi connectivity index (χ0n) is 38.7. The Balaban J connectivity index is 1.79. The van der Waals surface area contributed by atoms with Crippen molar-refractivity contribution in [3.05, 3.63) is 180 Å². The van der Waals surface area contributed by atoms with Gasteiger partial charge in [-0.15, -0.1) is 0 Å². The maximum atomic E-state index is 13.8. The minimum atomic E-state index is -2.19. The summed E-state index contributed by atoms with van der Waals surface area (Å²) in [6.45, 7) is 10.9. The molecular weight excluding hydrogens is 829 g/mol. The van der Waals surface area contributed by atoms with E-state index in [1.54, 1.807) is 52.4 Å². The zero-order valence-corrected chi connectivity index (χ0v) is 38.7. The highest BCUT2D eigenvalue weighted by atomic mass is 16.8. The Labute approximate surface area is 381 Å². The highest BCUT2D eigenvalue weighted by molar-refractivity contribution is 5.88. The van der Waals surface area contributed by atoms with Crippen molar-refractivity contribution >= 4 is 11.9 Å². The Morgan fingerprint density at radius 2 is 0.769 bits per heavy atom. The average molecular weight is 887 g/mol. The molecule has 65 heavy (non-hydrogen) atoms. The Hall–Kier alpha value is -5.54. The lowest BCUT2D eigenvalue weighted by Gasteiger charge is -2.70. The molecule has 0 fully saturated rings. The van der Waals surface area contributed by atoms with Crippen molar-refractivity contribution in [1.82, 2.24) is 0 Å². The molecule has 0 saturated heterocycles. The molecule has 4 aromatic rings. The molecule has 0 aliphatic heterocycles. The van der Waals surface area contributed by atoms with Gasteiger partial charge in [0.2, 0.25) is 11.6 Å². The van der Waals surface area contributed by atoms with E-state index in [4.69, 9.17) is 47.4 Å². The van der Waals surface area contributed by atoms with E-state index >= 15 is 0 Å². The minimum Gasteiger partial charge on any atom is -0.451 e. The van der Waals surface area contributed by atoms with Gasteiger partial charge >= 0.3 is 11.9 Å². The maximum Gasteiger partial charge on any atom is 0.333 e. The van der Waals surface area contributed by atoms with E-state index in [1.165, 1.54) is 42.7 Å². The summed E-state index contributed by atoms with van der Waals surface area (Å²) < 4.78 is 69.1. The highest BCUT2D eigenvalue weighted by Crippen LogP contribution is 2.73. The molecule has 0 spiro atoms. The largest absolute Gasteiger partial charge is 0.451 e. The van der Waals surface area contributed by atoms with Crippen LogP contribution in [0.5, 0.6) is 0 Å². The van der Waals surface area contributed by atoms with Crippen LogP contribution in [-0.2, 0) is 73.6 Å². The lowest BCUT2D eigenvalue weighted by molar-refractivity contribution is -0.435. The zero-order chi connectivity index (χ0) is 47.1. The molecule has 0 aromatic heterocycles. The van der Waals surface area contributed by atoms with E-state index in [1.807, 2.05) is 109 Å². The first-order valence-corrected chi connectivity index (χ1v) is 21.1. The van der Waals surface area contributed by atoms with Crippen LogP contribution in [0.4, 0.5) is 0 Å². The summed E-state index contributed by atoms with van der Waals surface area (Å²) in [6.07, 6.45) is 4.52. The number of ether oxygens (including phenoxy) is 10. The number of hydrogen-bond donors (Lipinski definition) is 0. The smallest absolute Gasteiger partial charge is 0.333 e. The van der Waals surface area contributed by atoms with Crippen LogP contribution in [0.3, 0.4) is 0 Å². The molecule has 342 valence electrons. The molecular formula is C53H58O12. The van der Waals surface area contributed by atoms with Crippen molar-refractivity contribution in [3.8, 4) is 11.1 Å². The van der Waals surface area contributed by atoms with Gasteiger partial charge in [-0.2, -0.15) is 0 Å². The number of carbonyl (C=O) groups is 2. The van der Waals surface area contributed by atoms with Gasteiger partial charge in [0, 0.05) is 68.0 Å². The molecule has 0 radical (unpaired) electrons. The van der Waals surface area contributed by atoms with Crippen LogP contribution in [0.1, 0.15) is 36.1 Å². The number of methoxy groups -OCH3 is 8. The minimum absolute atomic E-state index is 0.157. The fourth-order valence-electron chi connectivity index (χ4n) is 11.5. The van der Waals surface area contributed by atoms with Gasteiger partial charge in [0.15, 0.2) is 34.6 Å². The van der Waals surface area contributed by atoms with E-state index < -0.39 is 63.5 Å². The van der Waals surface area contributed by atoms with Crippen LogP contribution < -0.4 is 0 Å². The Bertz CT molecular complexity index is 2320. The fraction of sp³-hybridized carbons (Fsp3) is 0.358. The predicted octanol–water partition coefficient (Wildman–Crippen LogP) is 7.90.